The molecule has 0 aliphatic heterocycles. The molecule has 0 spiro atoms. The van der Waals surface area contributed by atoms with E-state index in [-0.39, 0.29) is 0 Å². The Labute approximate surface area is 131 Å². The molecular weight excluding hydrogens is 268 g/mol. The van der Waals surface area contributed by atoms with Gasteiger partial charge in [-0.15, -0.1) is 0 Å². The molecule has 0 N–H and O–H groups in total. The molecule has 0 saturated heterocycles. The molecule has 0 heterocycles. The molecule has 106 valence electrons. The summed E-state index contributed by atoms with van der Waals surface area (Å²) in [6.07, 6.45) is 1.98. The third kappa shape index (κ3) is 3.62. The van der Waals surface area contributed by atoms with Crippen molar-refractivity contribution in [2.45, 2.75) is 26.7 Å². The Bertz CT molecular complexity index is 595. The lowest BCUT2D eigenvalue weighted by Crippen LogP contribution is -2.31. The fourth-order valence-corrected chi connectivity index (χ4v) is 3.77. The van der Waals surface area contributed by atoms with Gasteiger partial charge >= 0.3 is 0 Å². The molecule has 2 aromatic carbocycles. The molecule has 1 heteroatoms. The molecule has 0 aliphatic carbocycles. The van der Waals surface area contributed by atoms with Gasteiger partial charge in [0.2, 0.25) is 0 Å². The topological polar surface area (TPSA) is 0 Å². The van der Waals surface area contributed by atoms with E-state index >= 15 is 0 Å². The summed E-state index contributed by atoms with van der Waals surface area (Å²) in [6.45, 7) is 12.7. The molecule has 0 saturated carbocycles. The Hall–Kier alpha value is -1.86. The normalized spacial score (nSPS) is 10.4. The first kappa shape index (κ1) is 15.5. The van der Waals surface area contributed by atoms with Crippen LogP contribution in [0.1, 0.15) is 37.8 Å². The first-order valence-corrected chi connectivity index (χ1v) is 8.48. The smallest absolute Gasteiger partial charge is 0.0952 e. The van der Waals surface area contributed by atoms with Crippen LogP contribution in [-0.2, 0) is 0 Å². The fraction of sp³-hybridized carbons (Fsp3) is 0.200. The monoisotopic (exact) mass is 290 g/mol. The van der Waals surface area contributed by atoms with Crippen molar-refractivity contribution >= 4 is 31.0 Å². The zero-order valence-electron chi connectivity index (χ0n) is 12.9. The van der Waals surface area contributed by atoms with Gasteiger partial charge in [0.15, 0.2) is 0 Å². The standard InChI is InChI=1S/C20H22Si/c1-5-15(3)17-11-7-9-13-19(17)21-20-14-10-8-12-18(20)16(4)6-2/h7-14H,3-6H2,1-2H3. The van der Waals surface area contributed by atoms with Gasteiger partial charge in [-0.1, -0.05) is 85.9 Å². The van der Waals surface area contributed by atoms with Crippen LogP contribution in [0.3, 0.4) is 0 Å². The summed E-state index contributed by atoms with van der Waals surface area (Å²) in [5.74, 6) is 0. The Kier molecular flexibility index (Phi) is 5.35. The van der Waals surface area contributed by atoms with Crippen LogP contribution >= 0.6 is 0 Å². The number of rotatable bonds is 6. The highest BCUT2D eigenvalue weighted by atomic mass is 28.2. The second kappa shape index (κ2) is 7.23. The Morgan fingerprint density at radius 3 is 1.52 bits per heavy atom. The van der Waals surface area contributed by atoms with Crippen molar-refractivity contribution in [1.29, 1.82) is 0 Å². The second-order valence-electron chi connectivity index (χ2n) is 5.13. The van der Waals surface area contributed by atoms with Crippen LogP contribution in [0.5, 0.6) is 0 Å². The van der Waals surface area contributed by atoms with Crippen LogP contribution in [0.2, 0.25) is 0 Å². The minimum atomic E-state index is 0.644. The molecule has 2 rings (SSSR count). The largest absolute Gasteiger partial charge is 0.123 e. The van der Waals surface area contributed by atoms with Crippen molar-refractivity contribution in [3.05, 3.63) is 72.8 Å². The number of allylic oxidation sites excluding steroid dienone is 2. The molecule has 0 bridgehead atoms. The molecule has 0 amide bonds. The van der Waals surface area contributed by atoms with Crippen molar-refractivity contribution in [3.8, 4) is 0 Å². The first-order chi connectivity index (χ1) is 10.2. The van der Waals surface area contributed by atoms with Crippen molar-refractivity contribution in [2.24, 2.45) is 0 Å². The molecular formula is C20H22Si. The van der Waals surface area contributed by atoms with Gasteiger partial charge in [-0.2, -0.15) is 0 Å². The predicted octanol–water partition coefficient (Wildman–Crippen LogP) is 4.19. The molecule has 0 aromatic heterocycles. The van der Waals surface area contributed by atoms with E-state index in [0.29, 0.717) is 9.52 Å². The van der Waals surface area contributed by atoms with E-state index in [4.69, 9.17) is 0 Å². The molecule has 2 radical (unpaired) electrons. The van der Waals surface area contributed by atoms with Crippen LogP contribution in [0, 0.1) is 0 Å². The lowest BCUT2D eigenvalue weighted by Gasteiger charge is -2.13. The molecule has 2 aromatic rings. The summed E-state index contributed by atoms with van der Waals surface area (Å²) in [6, 6.07) is 17.2. The molecule has 0 aliphatic rings. The summed E-state index contributed by atoms with van der Waals surface area (Å²) in [5, 5.41) is 2.75. The zero-order chi connectivity index (χ0) is 15.2. The Morgan fingerprint density at radius 1 is 0.762 bits per heavy atom. The summed E-state index contributed by atoms with van der Waals surface area (Å²) in [5.41, 5.74) is 5.03. The third-order valence-corrected chi connectivity index (χ3v) is 5.15. The van der Waals surface area contributed by atoms with Gasteiger partial charge in [-0.3, -0.25) is 0 Å². The fourth-order valence-electron chi connectivity index (χ4n) is 2.33. The number of hydrogen-bond donors (Lipinski definition) is 0. The molecule has 0 atom stereocenters. The SMILES string of the molecule is C=C(CC)c1ccccc1[Si]c1ccccc1C(=C)CC. The van der Waals surface area contributed by atoms with Gasteiger partial charge in [-0.25, -0.2) is 0 Å². The van der Waals surface area contributed by atoms with Crippen LogP contribution < -0.4 is 10.4 Å². The van der Waals surface area contributed by atoms with E-state index in [0.717, 1.165) is 12.8 Å². The maximum absolute atomic E-state index is 4.21. The second-order valence-corrected chi connectivity index (χ2v) is 6.46. The van der Waals surface area contributed by atoms with Crippen LogP contribution in [-0.4, -0.2) is 9.52 Å². The van der Waals surface area contributed by atoms with Crippen LogP contribution in [0.4, 0.5) is 0 Å². The van der Waals surface area contributed by atoms with Crippen LogP contribution in [0.25, 0.3) is 11.1 Å². The van der Waals surface area contributed by atoms with Gasteiger partial charge in [0, 0.05) is 0 Å². The van der Waals surface area contributed by atoms with Gasteiger partial charge < -0.3 is 0 Å². The molecule has 21 heavy (non-hydrogen) atoms. The quantitative estimate of drug-likeness (QED) is 0.700. The summed E-state index contributed by atoms with van der Waals surface area (Å²) in [4.78, 5) is 0. The highest BCUT2D eigenvalue weighted by molar-refractivity contribution is 6.69. The lowest BCUT2D eigenvalue weighted by molar-refractivity contribution is 1.25. The predicted molar refractivity (Wildman–Crippen MR) is 96.6 cm³/mol. The Morgan fingerprint density at radius 2 is 1.14 bits per heavy atom. The van der Waals surface area contributed by atoms with E-state index in [1.165, 1.54) is 32.6 Å². The van der Waals surface area contributed by atoms with E-state index in [1.807, 2.05) is 0 Å². The van der Waals surface area contributed by atoms with E-state index in [9.17, 15) is 0 Å². The van der Waals surface area contributed by atoms with Gasteiger partial charge in [0.25, 0.3) is 0 Å². The lowest BCUT2D eigenvalue weighted by atomic mass is 10.1. The maximum atomic E-state index is 4.21. The number of benzene rings is 2. The average molecular weight is 290 g/mol. The highest BCUT2D eigenvalue weighted by Gasteiger charge is 2.10. The summed E-state index contributed by atoms with van der Waals surface area (Å²) >= 11 is 0. The van der Waals surface area contributed by atoms with E-state index in [1.54, 1.807) is 0 Å². The summed E-state index contributed by atoms with van der Waals surface area (Å²) in [7, 11) is 0.644. The van der Waals surface area contributed by atoms with Gasteiger partial charge in [-0.05, 0) is 35.1 Å². The summed E-state index contributed by atoms with van der Waals surface area (Å²) < 4.78 is 0. The molecule has 0 nitrogen and oxygen atoms in total. The van der Waals surface area contributed by atoms with E-state index < -0.39 is 0 Å². The minimum Gasteiger partial charge on any atom is -0.0952 e. The van der Waals surface area contributed by atoms with Gasteiger partial charge in [0.05, 0.1) is 0 Å². The van der Waals surface area contributed by atoms with Crippen LogP contribution in [0.15, 0.2) is 61.7 Å². The first-order valence-electron chi connectivity index (χ1n) is 7.48. The minimum absolute atomic E-state index is 0.644. The van der Waals surface area contributed by atoms with Crippen molar-refractivity contribution in [2.75, 3.05) is 0 Å². The van der Waals surface area contributed by atoms with Gasteiger partial charge in [0.1, 0.15) is 9.52 Å². The number of hydrogen-bond acceptors (Lipinski definition) is 0. The highest BCUT2D eigenvalue weighted by Crippen LogP contribution is 2.15. The zero-order valence-corrected chi connectivity index (χ0v) is 13.9. The van der Waals surface area contributed by atoms with Crippen molar-refractivity contribution < 1.29 is 0 Å². The average Bonchev–Trinajstić information content (AvgIpc) is 2.54. The molecule has 0 unspecified atom stereocenters. The van der Waals surface area contributed by atoms with Crippen molar-refractivity contribution in [3.63, 3.8) is 0 Å². The maximum Gasteiger partial charge on any atom is 0.123 e. The van der Waals surface area contributed by atoms with E-state index in [2.05, 4.69) is 75.5 Å². The third-order valence-electron chi connectivity index (χ3n) is 3.74. The molecule has 0 fully saturated rings. The Balaban J connectivity index is 2.40. The van der Waals surface area contributed by atoms with Crippen molar-refractivity contribution in [1.82, 2.24) is 0 Å².